The van der Waals surface area contributed by atoms with Crippen molar-refractivity contribution in [2.45, 2.75) is 12.6 Å². The maximum atomic E-state index is 13.0. The molecule has 2 aliphatic rings. The van der Waals surface area contributed by atoms with Crippen molar-refractivity contribution in [3.8, 4) is 10.7 Å². The normalized spacial score (nSPS) is 28.8. The van der Waals surface area contributed by atoms with Crippen LogP contribution in [0.25, 0.3) is 10.7 Å². The quantitative estimate of drug-likeness (QED) is 0.853. The van der Waals surface area contributed by atoms with Gasteiger partial charge >= 0.3 is 6.18 Å². The first-order chi connectivity index (χ1) is 9.49. The van der Waals surface area contributed by atoms with E-state index in [1.54, 1.807) is 11.0 Å². The van der Waals surface area contributed by atoms with E-state index in [0.717, 1.165) is 0 Å². The van der Waals surface area contributed by atoms with Gasteiger partial charge in [-0.1, -0.05) is 16.5 Å². The molecule has 0 N–H and O–H groups in total. The van der Waals surface area contributed by atoms with E-state index in [1.807, 2.05) is 0 Å². The van der Waals surface area contributed by atoms with E-state index in [0.29, 0.717) is 22.4 Å². The van der Waals surface area contributed by atoms with Crippen molar-refractivity contribution < 1.29 is 17.7 Å². The molecule has 1 saturated carbocycles. The summed E-state index contributed by atoms with van der Waals surface area (Å²) in [6, 6.07) is 1.64. The van der Waals surface area contributed by atoms with Crippen molar-refractivity contribution in [1.29, 1.82) is 0 Å². The highest BCUT2D eigenvalue weighted by atomic mass is 32.1. The molecule has 0 spiro atoms. The molecule has 2 atom stereocenters. The summed E-state index contributed by atoms with van der Waals surface area (Å²) in [6.07, 6.45) is -2.48. The smallest absolute Gasteiger partial charge is 0.364 e. The van der Waals surface area contributed by atoms with E-state index >= 15 is 0 Å². The number of aromatic nitrogens is 3. The number of fused-ring (bicyclic) bond motifs is 1. The second-order valence-corrected chi connectivity index (χ2v) is 6.17. The Labute approximate surface area is 115 Å². The molecule has 0 aromatic carbocycles. The van der Waals surface area contributed by atoms with Crippen LogP contribution in [0.2, 0.25) is 0 Å². The molecule has 9 heteroatoms. The number of nitrogens with zero attached hydrogens (tertiary/aromatic N) is 4. The first-order valence-electron chi connectivity index (χ1n) is 6.05. The van der Waals surface area contributed by atoms with E-state index in [9.17, 15) is 13.2 Å². The number of hydrogen-bond donors (Lipinski definition) is 0. The minimum absolute atomic E-state index is 0.0192. The van der Waals surface area contributed by atoms with Crippen LogP contribution in [0.3, 0.4) is 0 Å². The Kier molecular flexibility index (Phi) is 2.25. The number of alkyl halides is 3. The molecule has 5 nitrogen and oxygen atoms in total. The predicted octanol–water partition coefficient (Wildman–Crippen LogP) is 2.58. The lowest BCUT2D eigenvalue weighted by atomic mass is 10.1. The second-order valence-electron chi connectivity index (χ2n) is 5.21. The number of piperidine rings is 1. The highest BCUT2D eigenvalue weighted by molar-refractivity contribution is 7.18. The molecular formula is C11H9F3N4OS. The molecule has 0 amide bonds. The molecule has 2 aromatic rings. The van der Waals surface area contributed by atoms with Crippen molar-refractivity contribution in [2.75, 3.05) is 18.0 Å². The van der Waals surface area contributed by atoms with Crippen LogP contribution in [0, 0.1) is 11.3 Å². The largest absolute Gasteiger partial charge is 0.396 e. The van der Waals surface area contributed by atoms with Crippen LogP contribution in [-0.2, 0) is 0 Å². The SMILES string of the molecule is FC(F)(F)C12CC1CN(c1nnc(-c3ccon3)s1)C2. The van der Waals surface area contributed by atoms with Crippen LogP contribution in [0.1, 0.15) is 6.42 Å². The summed E-state index contributed by atoms with van der Waals surface area (Å²) in [5.74, 6) is -0.304. The van der Waals surface area contributed by atoms with Crippen LogP contribution < -0.4 is 4.90 Å². The second kappa shape index (κ2) is 3.72. The Morgan fingerprint density at radius 3 is 2.90 bits per heavy atom. The summed E-state index contributed by atoms with van der Waals surface area (Å²) in [4.78, 5) is 1.67. The lowest BCUT2D eigenvalue weighted by Gasteiger charge is -2.21. The van der Waals surface area contributed by atoms with Crippen molar-refractivity contribution in [3.63, 3.8) is 0 Å². The van der Waals surface area contributed by atoms with Gasteiger partial charge in [0.05, 0.1) is 5.41 Å². The van der Waals surface area contributed by atoms with Crippen molar-refractivity contribution in [3.05, 3.63) is 12.3 Å². The summed E-state index contributed by atoms with van der Waals surface area (Å²) in [7, 11) is 0. The average Bonchev–Trinajstić information content (AvgIpc) is 2.92. The molecule has 3 heterocycles. The lowest BCUT2D eigenvalue weighted by Crippen LogP contribution is -2.33. The Hall–Kier alpha value is -1.64. The molecular weight excluding hydrogens is 293 g/mol. The minimum atomic E-state index is -4.13. The van der Waals surface area contributed by atoms with E-state index < -0.39 is 11.6 Å². The molecule has 1 aliphatic carbocycles. The van der Waals surface area contributed by atoms with Gasteiger partial charge in [-0.2, -0.15) is 13.2 Å². The zero-order valence-electron chi connectivity index (χ0n) is 10.1. The molecule has 1 saturated heterocycles. The third-order valence-corrected chi connectivity index (χ3v) is 5.06. The fraction of sp³-hybridized carbons (Fsp3) is 0.545. The van der Waals surface area contributed by atoms with Gasteiger partial charge in [0.2, 0.25) is 5.13 Å². The van der Waals surface area contributed by atoms with Gasteiger partial charge in [-0.05, 0) is 12.3 Å². The third-order valence-electron chi connectivity index (χ3n) is 4.05. The zero-order chi connectivity index (χ0) is 14.0. The minimum Gasteiger partial charge on any atom is -0.364 e. The number of halogens is 3. The number of rotatable bonds is 2. The first-order valence-corrected chi connectivity index (χ1v) is 6.87. The third kappa shape index (κ3) is 1.58. The summed E-state index contributed by atoms with van der Waals surface area (Å²) in [6.45, 7) is 0.377. The fourth-order valence-corrected chi connectivity index (χ4v) is 3.65. The summed E-state index contributed by atoms with van der Waals surface area (Å²) < 4.78 is 43.8. The molecule has 2 unspecified atom stereocenters. The van der Waals surface area contributed by atoms with E-state index in [4.69, 9.17) is 4.52 Å². The Bertz CT molecular complexity index is 640. The molecule has 2 aromatic heterocycles. The van der Waals surface area contributed by atoms with E-state index in [2.05, 4.69) is 15.4 Å². The van der Waals surface area contributed by atoms with Gasteiger partial charge in [-0.25, -0.2) is 0 Å². The van der Waals surface area contributed by atoms with Crippen LogP contribution in [-0.4, -0.2) is 34.6 Å². The molecule has 2 fully saturated rings. The summed E-state index contributed by atoms with van der Waals surface area (Å²) in [5, 5.41) is 12.7. The van der Waals surface area contributed by atoms with Gasteiger partial charge in [-0.3, -0.25) is 0 Å². The van der Waals surface area contributed by atoms with Crippen LogP contribution in [0.15, 0.2) is 16.9 Å². The zero-order valence-corrected chi connectivity index (χ0v) is 10.9. The van der Waals surface area contributed by atoms with Gasteiger partial charge in [0.25, 0.3) is 0 Å². The molecule has 0 radical (unpaired) electrons. The average molecular weight is 302 g/mol. The monoisotopic (exact) mass is 302 g/mol. The molecule has 0 bridgehead atoms. The topological polar surface area (TPSA) is 55.1 Å². The van der Waals surface area contributed by atoms with Crippen LogP contribution >= 0.6 is 11.3 Å². The lowest BCUT2D eigenvalue weighted by molar-refractivity contribution is -0.184. The Morgan fingerprint density at radius 2 is 2.25 bits per heavy atom. The van der Waals surface area contributed by atoms with Crippen molar-refractivity contribution in [1.82, 2.24) is 15.4 Å². The molecule has 1 aliphatic heterocycles. The molecule has 20 heavy (non-hydrogen) atoms. The van der Waals surface area contributed by atoms with Gasteiger partial charge in [0, 0.05) is 19.2 Å². The molecule has 106 valence electrons. The van der Waals surface area contributed by atoms with Gasteiger partial charge in [0.1, 0.15) is 12.0 Å². The van der Waals surface area contributed by atoms with Crippen molar-refractivity contribution in [2.24, 2.45) is 11.3 Å². The van der Waals surface area contributed by atoms with Gasteiger partial charge in [0.15, 0.2) is 5.01 Å². The van der Waals surface area contributed by atoms with E-state index in [1.165, 1.54) is 17.6 Å². The molecule has 4 rings (SSSR count). The number of hydrogen-bond acceptors (Lipinski definition) is 6. The van der Waals surface area contributed by atoms with Gasteiger partial charge in [-0.15, -0.1) is 10.2 Å². The summed E-state index contributed by atoms with van der Waals surface area (Å²) >= 11 is 1.23. The maximum Gasteiger partial charge on any atom is 0.396 e. The number of anilines is 1. The van der Waals surface area contributed by atoms with Crippen LogP contribution in [0.4, 0.5) is 18.3 Å². The maximum absolute atomic E-state index is 13.0. The first kappa shape index (κ1) is 12.1. The van der Waals surface area contributed by atoms with E-state index in [-0.39, 0.29) is 18.9 Å². The highest BCUT2D eigenvalue weighted by Gasteiger charge is 2.74. The predicted molar refractivity (Wildman–Crippen MR) is 64.2 cm³/mol. The Morgan fingerprint density at radius 1 is 1.40 bits per heavy atom. The standard InChI is InChI=1S/C11H9F3N4OS/c12-11(13,14)10-3-6(10)4-18(5-10)9-16-15-8(20-9)7-1-2-19-17-7/h1-2,6H,3-5H2. The van der Waals surface area contributed by atoms with Crippen molar-refractivity contribution >= 4 is 16.5 Å². The highest BCUT2D eigenvalue weighted by Crippen LogP contribution is 2.66. The van der Waals surface area contributed by atoms with Gasteiger partial charge < -0.3 is 9.42 Å². The summed E-state index contributed by atoms with van der Waals surface area (Å²) in [5.41, 5.74) is -0.976. The van der Waals surface area contributed by atoms with Crippen LogP contribution in [0.5, 0.6) is 0 Å². The fourth-order valence-electron chi connectivity index (χ4n) is 2.84. The Balaban J connectivity index is 1.56.